The fourth-order valence-corrected chi connectivity index (χ4v) is 2.38. The lowest BCUT2D eigenvalue weighted by Crippen LogP contribution is -2.20. The Morgan fingerprint density at radius 2 is 1.74 bits per heavy atom. The Hall–Kier alpha value is -1.67. The molecule has 0 aliphatic heterocycles. The lowest BCUT2D eigenvalue weighted by Gasteiger charge is -2.20. The molecule has 1 atom stereocenters. The highest BCUT2D eigenvalue weighted by Crippen LogP contribution is 2.23. The van der Waals surface area contributed by atoms with Gasteiger partial charge in [0.25, 0.3) is 0 Å². The molecule has 2 aromatic rings. The summed E-state index contributed by atoms with van der Waals surface area (Å²) in [5.74, 6) is -0.184. The summed E-state index contributed by atoms with van der Waals surface area (Å²) >= 11 is 0. The van der Waals surface area contributed by atoms with E-state index in [-0.39, 0.29) is 11.9 Å². The summed E-state index contributed by atoms with van der Waals surface area (Å²) in [6.45, 7) is 4.28. The highest BCUT2D eigenvalue weighted by molar-refractivity contribution is 5.36. The summed E-state index contributed by atoms with van der Waals surface area (Å²) in [5, 5.41) is 3.36. The van der Waals surface area contributed by atoms with Crippen molar-refractivity contribution in [2.45, 2.75) is 26.3 Å². The molecule has 0 saturated heterocycles. The molecule has 19 heavy (non-hydrogen) atoms. The van der Waals surface area contributed by atoms with Crippen LogP contribution in [0.3, 0.4) is 0 Å². The molecular formula is C17H20FN. The number of benzene rings is 2. The van der Waals surface area contributed by atoms with Gasteiger partial charge >= 0.3 is 0 Å². The Morgan fingerprint density at radius 3 is 2.37 bits per heavy atom. The number of halogens is 1. The molecule has 0 amide bonds. The Labute approximate surface area is 114 Å². The lowest BCUT2D eigenvalue weighted by atomic mass is 9.93. The number of hydrogen-bond donors (Lipinski definition) is 1. The van der Waals surface area contributed by atoms with Crippen LogP contribution in [-0.4, -0.2) is 7.05 Å². The van der Waals surface area contributed by atoms with E-state index in [1.807, 2.05) is 19.2 Å². The molecule has 0 bridgehead atoms. The van der Waals surface area contributed by atoms with Crippen LogP contribution in [0.15, 0.2) is 42.5 Å². The largest absolute Gasteiger partial charge is 0.313 e. The maximum Gasteiger partial charge on any atom is 0.123 e. The summed E-state index contributed by atoms with van der Waals surface area (Å²) in [5.41, 5.74) is 5.08. The molecule has 0 saturated carbocycles. The van der Waals surface area contributed by atoms with Crippen LogP contribution >= 0.6 is 0 Å². The lowest BCUT2D eigenvalue weighted by molar-refractivity contribution is 0.585. The van der Waals surface area contributed by atoms with Crippen LogP contribution in [0.4, 0.5) is 4.39 Å². The number of rotatable bonds is 4. The topological polar surface area (TPSA) is 12.0 Å². The third-order valence-corrected chi connectivity index (χ3v) is 3.72. The molecule has 2 rings (SSSR count). The van der Waals surface area contributed by atoms with E-state index in [1.165, 1.54) is 28.8 Å². The Morgan fingerprint density at radius 1 is 1.05 bits per heavy atom. The highest BCUT2D eigenvalue weighted by atomic mass is 19.1. The minimum absolute atomic E-state index is 0.184. The van der Waals surface area contributed by atoms with Crippen LogP contribution in [0.5, 0.6) is 0 Å². The third-order valence-electron chi connectivity index (χ3n) is 3.72. The first-order valence-corrected chi connectivity index (χ1v) is 6.59. The van der Waals surface area contributed by atoms with E-state index in [4.69, 9.17) is 0 Å². The van der Waals surface area contributed by atoms with Gasteiger partial charge in [0.15, 0.2) is 0 Å². The number of nitrogens with one attached hydrogen (secondary N) is 1. The molecule has 100 valence electrons. The summed E-state index contributed by atoms with van der Waals surface area (Å²) in [7, 11) is 1.97. The number of aryl methyl sites for hydroxylation is 1. The van der Waals surface area contributed by atoms with Crippen LogP contribution in [-0.2, 0) is 6.42 Å². The van der Waals surface area contributed by atoms with Gasteiger partial charge in [-0.05, 0) is 61.7 Å². The third kappa shape index (κ3) is 3.21. The standard InChI is InChI=1S/C17H20FN/c1-12-5-4-6-16(13(12)2)17(19-3)11-14-7-9-15(18)10-8-14/h4-10,17,19H,11H2,1-3H3. The van der Waals surface area contributed by atoms with Gasteiger partial charge in [-0.2, -0.15) is 0 Å². The smallest absolute Gasteiger partial charge is 0.123 e. The van der Waals surface area contributed by atoms with Crippen molar-refractivity contribution in [1.82, 2.24) is 5.32 Å². The molecular weight excluding hydrogens is 237 g/mol. The first-order valence-electron chi connectivity index (χ1n) is 6.59. The zero-order valence-electron chi connectivity index (χ0n) is 11.7. The van der Waals surface area contributed by atoms with Crippen molar-refractivity contribution < 1.29 is 4.39 Å². The van der Waals surface area contributed by atoms with Crippen molar-refractivity contribution >= 4 is 0 Å². The predicted octanol–water partition coefficient (Wildman–Crippen LogP) is 3.95. The molecule has 2 heteroatoms. The van der Waals surface area contributed by atoms with Crippen LogP contribution in [0.2, 0.25) is 0 Å². The molecule has 0 aliphatic carbocycles. The SMILES string of the molecule is CNC(Cc1ccc(F)cc1)c1cccc(C)c1C. The maximum absolute atomic E-state index is 12.9. The average Bonchev–Trinajstić information content (AvgIpc) is 2.42. The monoisotopic (exact) mass is 257 g/mol. The highest BCUT2D eigenvalue weighted by Gasteiger charge is 2.13. The summed E-state index contributed by atoms with van der Waals surface area (Å²) in [4.78, 5) is 0. The number of likely N-dealkylation sites (N-methyl/N-ethyl adjacent to an activating group) is 1. The van der Waals surface area contributed by atoms with Gasteiger partial charge in [-0.3, -0.25) is 0 Å². The van der Waals surface area contributed by atoms with Crippen molar-refractivity contribution in [3.8, 4) is 0 Å². The quantitative estimate of drug-likeness (QED) is 0.874. The molecule has 0 aliphatic rings. The van der Waals surface area contributed by atoms with Gasteiger partial charge in [-0.15, -0.1) is 0 Å². The summed E-state index contributed by atoms with van der Waals surface area (Å²) in [6.07, 6.45) is 0.862. The van der Waals surface area contributed by atoms with E-state index < -0.39 is 0 Å². The molecule has 0 radical (unpaired) electrons. The molecule has 1 N–H and O–H groups in total. The van der Waals surface area contributed by atoms with Crippen molar-refractivity contribution in [1.29, 1.82) is 0 Å². The van der Waals surface area contributed by atoms with E-state index in [0.717, 1.165) is 12.0 Å². The van der Waals surface area contributed by atoms with Crippen molar-refractivity contribution in [3.63, 3.8) is 0 Å². The van der Waals surface area contributed by atoms with Gasteiger partial charge in [-0.25, -0.2) is 4.39 Å². The minimum atomic E-state index is -0.184. The van der Waals surface area contributed by atoms with Crippen molar-refractivity contribution in [2.75, 3.05) is 7.05 Å². The second-order valence-electron chi connectivity index (χ2n) is 4.96. The van der Waals surface area contributed by atoms with E-state index in [1.54, 1.807) is 0 Å². The van der Waals surface area contributed by atoms with E-state index >= 15 is 0 Å². The first kappa shape index (κ1) is 13.8. The minimum Gasteiger partial charge on any atom is -0.313 e. The predicted molar refractivity (Wildman–Crippen MR) is 77.8 cm³/mol. The van der Waals surface area contributed by atoms with Gasteiger partial charge < -0.3 is 5.32 Å². The molecule has 0 fully saturated rings. The van der Waals surface area contributed by atoms with E-state index in [0.29, 0.717) is 0 Å². The Bertz CT molecular complexity index is 546. The van der Waals surface area contributed by atoms with Crippen LogP contribution in [0.25, 0.3) is 0 Å². The second kappa shape index (κ2) is 5.98. The fourth-order valence-electron chi connectivity index (χ4n) is 2.38. The van der Waals surface area contributed by atoms with Crippen LogP contribution < -0.4 is 5.32 Å². The van der Waals surface area contributed by atoms with Gasteiger partial charge in [0.2, 0.25) is 0 Å². The van der Waals surface area contributed by atoms with E-state index in [2.05, 4.69) is 37.4 Å². The fraction of sp³-hybridized carbons (Fsp3) is 0.294. The van der Waals surface area contributed by atoms with Gasteiger partial charge in [0, 0.05) is 6.04 Å². The summed E-state index contributed by atoms with van der Waals surface area (Å²) in [6, 6.07) is 13.4. The maximum atomic E-state index is 12.9. The van der Waals surface area contributed by atoms with Crippen molar-refractivity contribution in [2.24, 2.45) is 0 Å². The molecule has 0 spiro atoms. The van der Waals surface area contributed by atoms with Gasteiger partial charge in [0.05, 0.1) is 0 Å². The van der Waals surface area contributed by atoms with Crippen LogP contribution in [0, 0.1) is 19.7 Å². The molecule has 1 nitrogen and oxygen atoms in total. The second-order valence-corrected chi connectivity index (χ2v) is 4.96. The normalized spacial score (nSPS) is 12.4. The van der Waals surface area contributed by atoms with E-state index in [9.17, 15) is 4.39 Å². The first-order chi connectivity index (χ1) is 9.11. The molecule has 2 aromatic carbocycles. The van der Waals surface area contributed by atoms with Crippen LogP contribution in [0.1, 0.15) is 28.3 Å². The zero-order valence-corrected chi connectivity index (χ0v) is 11.7. The zero-order chi connectivity index (χ0) is 13.8. The Kier molecular flexibility index (Phi) is 4.33. The summed E-state index contributed by atoms with van der Waals surface area (Å²) < 4.78 is 12.9. The molecule has 0 aromatic heterocycles. The van der Waals surface area contributed by atoms with Crippen molar-refractivity contribution in [3.05, 3.63) is 70.5 Å². The Balaban J connectivity index is 2.25. The number of hydrogen-bond acceptors (Lipinski definition) is 1. The average molecular weight is 257 g/mol. The van der Waals surface area contributed by atoms with Gasteiger partial charge in [0.1, 0.15) is 5.82 Å². The molecule has 1 unspecified atom stereocenters. The van der Waals surface area contributed by atoms with Gasteiger partial charge in [-0.1, -0.05) is 30.3 Å². The molecule has 0 heterocycles.